The van der Waals surface area contributed by atoms with Crippen LogP contribution in [0.15, 0.2) is 47.4 Å². The summed E-state index contributed by atoms with van der Waals surface area (Å²) in [6.07, 6.45) is 4.48. The van der Waals surface area contributed by atoms with Gasteiger partial charge < -0.3 is 5.32 Å². The van der Waals surface area contributed by atoms with Crippen LogP contribution in [-0.4, -0.2) is 31.2 Å². The number of sulfonamides is 1. The lowest BCUT2D eigenvalue weighted by Crippen LogP contribution is -2.45. The Balaban J connectivity index is 1.84. The Bertz CT molecular complexity index is 972. The maximum absolute atomic E-state index is 13.3. The average molecular weight is 455 g/mol. The number of halogens is 2. The number of aryl methyl sites for hydroxylation is 1. The summed E-state index contributed by atoms with van der Waals surface area (Å²) < 4.78 is 28.0. The minimum atomic E-state index is -3.83. The smallest absolute Gasteiger partial charge is 0.243 e. The molecule has 1 aliphatic rings. The molecule has 2 aromatic rings. The Morgan fingerprint density at radius 2 is 1.72 bits per heavy atom. The molecule has 0 saturated heterocycles. The molecule has 0 atom stereocenters. The van der Waals surface area contributed by atoms with E-state index in [-0.39, 0.29) is 17.5 Å². The normalized spacial score (nSPS) is 15.4. The molecule has 2 aromatic carbocycles. The zero-order chi connectivity index (χ0) is 21.0. The van der Waals surface area contributed by atoms with Gasteiger partial charge in [0.2, 0.25) is 15.9 Å². The molecule has 8 heteroatoms. The van der Waals surface area contributed by atoms with E-state index in [0.717, 1.165) is 37.7 Å². The molecule has 0 radical (unpaired) electrons. The van der Waals surface area contributed by atoms with Crippen molar-refractivity contribution in [1.82, 2.24) is 4.31 Å². The Morgan fingerprint density at radius 3 is 2.34 bits per heavy atom. The highest BCUT2D eigenvalue weighted by atomic mass is 35.5. The maximum atomic E-state index is 13.3. The SMILES string of the molecule is Cc1ccc(NC(=O)CN(C2CCCCC2)S(=O)(=O)c2ccc(Cl)cc2)cc1Cl. The molecule has 3 rings (SSSR count). The zero-order valence-corrected chi connectivity index (χ0v) is 18.5. The topological polar surface area (TPSA) is 66.5 Å². The molecular formula is C21H24Cl2N2O3S. The molecule has 0 spiro atoms. The van der Waals surface area contributed by atoms with Crippen LogP contribution in [0.1, 0.15) is 37.7 Å². The van der Waals surface area contributed by atoms with Crippen molar-refractivity contribution in [2.45, 2.75) is 50.0 Å². The first-order chi connectivity index (χ1) is 13.8. The number of benzene rings is 2. The number of anilines is 1. The number of amides is 1. The van der Waals surface area contributed by atoms with Crippen LogP contribution in [0.25, 0.3) is 0 Å². The summed E-state index contributed by atoms with van der Waals surface area (Å²) in [5.74, 6) is -0.395. The van der Waals surface area contributed by atoms with Gasteiger partial charge in [-0.25, -0.2) is 8.42 Å². The van der Waals surface area contributed by atoms with Crippen LogP contribution in [0.4, 0.5) is 5.69 Å². The maximum Gasteiger partial charge on any atom is 0.243 e. The second-order valence-corrected chi connectivity index (χ2v) is 10.0. The summed E-state index contributed by atoms with van der Waals surface area (Å²) in [5, 5.41) is 3.76. The lowest BCUT2D eigenvalue weighted by Gasteiger charge is -2.33. The standard InChI is InChI=1S/C21H24Cl2N2O3S/c1-15-7-10-17(13-20(15)23)24-21(26)14-25(18-5-3-2-4-6-18)29(27,28)19-11-8-16(22)9-12-19/h7-13,18H,2-6,14H2,1H3,(H,24,26). The number of carbonyl (C=O) groups excluding carboxylic acids is 1. The van der Waals surface area contributed by atoms with E-state index >= 15 is 0 Å². The number of nitrogens with zero attached hydrogens (tertiary/aromatic N) is 1. The number of carbonyl (C=O) groups is 1. The molecule has 0 unspecified atom stereocenters. The van der Waals surface area contributed by atoms with Crippen LogP contribution in [0.2, 0.25) is 10.0 Å². The Hall–Kier alpha value is -1.60. The molecule has 156 valence electrons. The van der Waals surface area contributed by atoms with E-state index in [1.54, 1.807) is 30.3 Å². The first kappa shape index (κ1) is 22.1. The van der Waals surface area contributed by atoms with Crippen LogP contribution >= 0.6 is 23.2 Å². The van der Waals surface area contributed by atoms with Crippen molar-refractivity contribution in [3.05, 3.63) is 58.1 Å². The van der Waals surface area contributed by atoms with Gasteiger partial charge in [-0.05, 0) is 61.7 Å². The van der Waals surface area contributed by atoms with Crippen molar-refractivity contribution in [2.75, 3.05) is 11.9 Å². The Labute approximate surface area is 182 Å². The summed E-state index contributed by atoms with van der Waals surface area (Å²) in [4.78, 5) is 12.9. The Kier molecular flexibility index (Phi) is 7.22. The van der Waals surface area contributed by atoms with E-state index in [9.17, 15) is 13.2 Å². The number of hydrogen-bond donors (Lipinski definition) is 1. The molecule has 1 aliphatic carbocycles. The van der Waals surface area contributed by atoms with Gasteiger partial charge in [-0.15, -0.1) is 0 Å². The lowest BCUT2D eigenvalue weighted by molar-refractivity contribution is -0.116. The highest BCUT2D eigenvalue weighted by Crippen LogP contribution is 2.28. The van der Waals surface area contributed by atoms with E-state index in [1.165, 1.54) is 16.4 Å². The van der Waals surface area contributed by atoms with Crippen LogP contribution < -0.4 is 5.32 Å². The summed E-state index contributed by atoms with van der Waals surface area (Å²) in [7, 11) is -3.83. The van der Waals surface area contributed by atoms with E-state index < -0.39 is 15.9 Å². The van der Waals surface area contributed by atoms with Crippen molar-refractivity contribution >= 4 is 44.8 Å². The molecule has 1 N–H and O–H groups in total. The van der Waals surface area contributed by atoms with Crippen molar-refractivity contribution < 1.29 is 13.2 Å². The molecule has 0 aromatic heterocycles. The molecular weight excluding hydrogens is 431 g/mol. The predicted octanol–water partition coefficient (Wildman–Crippen LogP) is 5.26. The molecule has 0 aliphatic heterocycles. The third-order valence-corrected chi connectivity index (χ3v) is 7.73. The number of hydrogen-bond acceptors (Lipinski definition) is 3. The molecule has 29 heavy (non-hydrogen) atoms. The van der Waals surface area contributed by atoms with E-state index in [1.807, 2.05) is 6.92 Å². The highest BCUT2D eigenvalue weighted by molar-refractivity contribution is 7.89. The van der Waals surface area contributed by atoms with Crippen LogP contribution in [0, 0.1) is 6.92 Å². The fourth-order valence-electron chi connectivity index (χ4n) is 3.53. The summed E-state index contributed by atoms with van der Waals surface area (Å²) in [5.41, 5.74) is 1.44. The van der Waals surface area contributed by atoms with E-state index in [2.05, 4.69) is 5.32 Å². The van der Waals surface area contributed by atoms with Crippen LogP contribution in [0.5, 0.6) is 0 Å². The predicted molar refractivity (Wildman–Crippen MR) is 117 cm³/mol. The molecule has 1 amide bonds. The van der Waals surface area contributed by atoms with Gasteiger partial charge in [0, 0.05) is 21.8 Å². The molecule has 1 saturated carbocycles. The highest BCUT2D eigenvalue weighted by Gasteiger charge is 2.34. The third-order valence-electron chi connectivity index (χ3n) is 5.16. The van der Waals surface area contributed by atoms with Crippen LogP contribution in [0.3, 0.4) is 0 Å². The Morgan fingerprint density at radius 1 is 1.07 bits per heavy atom. The lowest BCUT2D eigenvalue weighted by atomic mass is 9.95. The second kappa shape index (κ2) is 9.47. The fraction of sp³-hybridized carbons (Fsp3) is 0.381. The first-order valence-electron chi connectivity index (χ1n) is 9.61. The van der Waals surface area contributed by atoms with E-state index in [4.69, 9.17) is 23.2 Å². The van der Waals surface area contributed by atoms with Gasteiger partial charge in [0.15, 0.2) is 0 Å². The van der Waals surface area contributed by atoms with Crippen LogP contribution in [-0.2, 0) is 14.8 Å². The molecule has 0 heterocycles. The van der Waals surface area contributed by atoms with Gasteiger partial charge in [-0.3, -0.25) is 4.79 Å². The summed E-state index contributed by atoms with van der Waals surface area (Å²) in [6, 6.07) is 11.1. The summed E-state index contributed by atoms with van der Waals surface area (Å²) in [6.45, 7) is 1.62. The van der Waals surface area contributed by atoms with Gasteiger partial charge in [0.25, 0.3) is 0 Å². The third kappa shape index (κ3) is 5.51. The minimum absolute atomic E-state index is 0.138. The van der Waals surface area contributed by atoms with Gasteiger partial charge in [0.1, 0.15) is 0 Å². The largest absolute Gasteiger partial charge is 0.325 e. The molecule has 5 nitrogen and oxygen atoms in total. The molecule has 0 bridgehead atoms. The van der Waals surface area contributed by atoms with Gasteiger partial charge in [0.05, 0.1) is 11.4 Å². The second-order valence-electron chi connectivity index (χ2n) is 7.31. The number of nitrogens with one attached hydrogen (secondary N) is 1. The first-order valence-corrected chi connectivity index (χ1v) is 11.8. The van der Waals surface area contributed by atoms with E-state index in [0.29, 0.717) is 15.7 Å². The molecule has 1 fully saturated rings. The zero-order valence-electron chi connectivity index (χ0n) is 16.2. The van der Waals surface area contributed by atoms with Gasteiger partial charge in [-0.2, -0.15) is 4.31 Å². The summed E-state index contributed by atoms with van der Waals surface area (Å²) >= 11 is 12.0. The van der Waals surface area contributed by atoms with Gasteiger partial charge >= 0.3 is 0 Å². The van der Waals surface area contributed by atoms with Crippen molar-refractivity contribution in [1.29, 1.82) is 0 Å². The van der Waals surface area contributed by atoms with Gasteiger partial charge in [-0.1, -0.05) is 48.5 Å². The van der Waals surface area contributed by atoms with Crippen molar-refractivity contribution in [2.24, 2.45) is 0 Å². The number of rotatable bonds is 6. The minimum Gasteiger partial charge on any atom is -0.325 e. The quantitative estimate of drug-likeness (QED) is 0.646. The van der Waals surface area contributed by atoms with Crippen molar-refractivity contribution in [3.63, 3.8) is 0 Å². The fourth-order valence-corrected chi connectivity index (χ4v) is 5.48. The monoisotopic (exact) mass is 454 g/mol. The van der Waals surface area contributed by atoms with Crippen molar-refractivity contribution in [3.8, 4) is 0 Å². The average Bonchev–Trinajstić information content (AvgIpc) is 2.70.